The lowest BCUT2D eigenvalue weighted by atomic mass is 9.85. The van der Waals surface area contributed by atoms with Crippen LogP contribution in [0.1, 0.15) is 25.8 Å². The fraction of sp³-hybridized carbons (Fsp3) is 0.238. The standard InChI is InChI=1S/C21H23ClN4O3S/c1-4-21(20(27)24-14(2)23,15-8-10-16(22)11-9-15)26-13-12-17-18(25-30(3,28)29)6-5-7-19(17)26/h5-13,25H,4H2,1-3H3,(H2,23,24,27). The van der Waals surface area contributed by atoms with Gasteiger partial charge in [0.1, 0.15) is 0 Å². The van der Waals surface area contributed by atoms with E-state index in [0.29, 0.717) is 33.6 Å². The van der Waals surface area contributed by atoms with E-state index in [1.54, 1.807) is 55.6 Å². The molecule has 0 aliphatic heterocycles. The van der Waals surface area contributed by atoms with Crippen LogP contribution in [-0.4, -0.2) is 31.0 Å². The number of carbonyl (C=O) groups excluding carboxylic acids is 1. The van der Waals surface area contributed by atoms with Gasteiger partial charge in [0.05, 0.1) is 23.3 Å². The van der Waals surface area contributed by atoms with Gasteiger partial charge in [0, 0.05) is 16.6 Å². The molecule has 7 nitrogen and oxygen atoms in total. The summed E-state index contributed by atoms with van der Waals surface area (Å²) in [6, 6.07) is 14.0. The first-order valence-electron chi connectivity index (χ1n) is 9.28. The van der Waals surface area contributed by atoms with Gasteiger partial charge >= 0.3 is 0 Å². The molecule has 0 spiro atoms. The average Bonchev–Trinajstić information content (AvgIpc) is 3.08. The smallest absolute Gasteiger partial charge is 0.278 e. The van der Waals surface area contributed by atoms with Crippen molar-refractivity contribution in [2.45, 2.75) is 25.8 Å². The van der Waals surface area contributed by atoms with Crippen molar-refractivity contribution in [2.75, 3.05) is 11.0 Å². The van der Waals surface area contributed by atoms with Gasteiger partial charge in [-0.1, -0.05) is 36.7 Å². The molecule has 1 aromatic heterocycles. The van der Waals surface area contributed by atoms with Crippen LogP contribution in [0.15, 0.2) is 59.7 Å². The van der Waals surface area contributed by atoms with Crippen LogP contribution in [0.3, 0.4) is 0 Å². The Kier molecular flexibility index (Phi) is 5.92. The SMILES string of the molecule is CCC(C(=O)N=C(C)N)(c1ccc(Cl)cc1)n1ccc2c(NS(C)(=O)=O)cccc21. The predicted molar refractivity (Wildman–Crippen MR) is 122 cm³/mol. The summed E-state index contributed by atoms with van der Waals surface area (Å²) in [5, 5.41) is 1.21. The van der Waals surface area contributed by atoms with Crippen LogP contribution in [0.4, 0.5) is 5.69 Å². The van der Waals surface area contributed by atoms with Crippen LogP contribution in [0.5, 0.6) is 0 Å². The summed E-state index contributed by atoms with van der Waals surface area (Å²) in [6.45, 7) is 3.44. The van der Waals surface area contributed by atoms with Gasteiger partial charge in [-0.3, -0.25) is 9.52 Å². The molecule has 0 radical (unpaired) electrons. The average molecular weight is 447 g/mol. The molecule has 30 heavy (non-hydrogen) atoms. The molecule has 3 N–H and O–H groups in total. The van der Waals surface area contributed by atoms with Gasteiger partial charge < -0.3 is 10.3 Å². The summed E-state index contributed by atoms with van der Waals surface area (Å²) < 4.78 is 27.9. The number of nitrogens with two attached hydrogens (primary N) is 1. The highest BCUT2D eigenvalue weighted by Crippen LogP contribution is 2.37. The molecule has 3 aromatic rings. The molecular formula is C21H23ClN4O3S. The molecule has 0 saturated heterocycles. The van der Waals surface area contributed by atoms with E-state index in [-0.39, 0.29) is 5.84 Å². The number of amidine groups is 1. The summed E-state index contributed by atoms with van der Waals surface area (Å²) in [7, 11) is -3.47. The number of rotatable bonds is 6. The molecule has 0 fully saturated rings. The van der Waals surface area contributed by atoms with E-state index in [9.17, 15) is 13.2 Å². The maximum absolute atomic E-state index is 13.4. The minimum Gasteiger partial charge on any atom is -0.387 e. The molecule has 0 aliphatic rings. The summed E-state index contributed by atoms with van der Waals surface area (Å²) in [5.74, 6) is -0.269. The van der Waals surface area contributed by atoms with Gasteiger partial charge in [-0.15, -0.1) is 0 Å². The molecule has 3 rings (SSSR count). The topological polar surface area (TPSA) is 107 Å². The monoisotopic (exact) mass is 446 g/mol. The highest BCUT2D eigenvalue weighted by atomic mass is 35.5. The first-order valence-corrected chi connectivity index (χ1v) is 11.5. The van der Waals surface area contributed by atoms with Crippen molar-refractivity contribution in [1.29, 1.82) is 0 Å². The molecule has 9 heteroatoms. The van der Waals surface area contributed by atoms with Crippen molar-refractivity contribution in [1.82, 2.24) is 4.57 Å². The number of aromatic nitrogens is 1. The van der Waals surface area contributed by atoms with Crippen LogP contribution in [0.2, 0.25) is 5.02 Å². The fourth-order valence-electron chi connectivity index (χ4n) is 3.66. The lowest BCUT2D eigenvalue weighted by Gasteiger charge is -2.33. The number of hydrogen-bond acceptors (Lipinski definition) is 3. The van der Waals surface area contributed by atoms with Gasteiger partial charge in [-0.05, 0) is 49.2 Å². The molecule has 0 saturated carbocycles. The maximum atomic E-state index is 13.4. The van der Waals surface area contributed by atoms with Crippen LogP contribution in [-0.2, 0) is 20.4 Å². The Morgan fingerprint density at radius 2 is 1.87 bits per heavy atom. The third-order valence-electron chi connectivity index (χ3n) is 4.90. The summed E-state index contributed by atoms with van der Waals surface area (Å²) >= 11 is 6.07. The van der Waals surface area contributed by atoms with Gasteiger partial charge in [0.25, 0.3) is 5.91 Å². The van der Waals surface area contributed by atoms with Crippen molar-refractivity contribution in [3.8, 4) is 0 Å². The highest BCUT2D eigenvalue weighted by molar-refractivity contribution is 7.92. The lowest BCUT2D eigenvalue weighted by Crippen LogP contribution is -2.42. The van der Waals surface area contributed by atoms with Crippen LogP contribution in [0.25, 0.3) is 10.9 Å². The summed E-state index contributed by atoms with van der Waals surface area (Å²) in [5.41, 5.74) is 6.35. The van der Waals surface area contributed by atoms with E-state index in [2.05, 4.69) is 9.71 Å². The number of benzene rings is 2. The molecule has 1 atom stereocenters. The Morgan fingerprint density at radius 3 is 2.43 bits per heavy atom. The quantitative estimate of drug-likeness (QED) is 0.444. The first kappa shape index (κ1) is 21.9. The third kappa shape index (κ3) is 4.06. The second-order valence-corrected chi connectivity index (χ2v) is 9.26. The van der Waals surface area contributed by atoms with Gasteiger partial charge in [0.2, 0.25) is 10.0 Å². The number of aliphatic imine (C=N–C) groups is 1. The van der Waals surface area contributed by atoms with E-state index < -0.39 is 21.5 Å². The van der Waals surface area contributed by atoms with E-state index in [1.165, 1.54) is 0 Å². The highest BCUT2D eigenvalue weighted by Gasteiger charge is 2.41. The molecule has 2 aromatic carbocycles. The minimum atomic E-state index is -3.47. The number of hydrogen-bond donors (Lipinski definition) is 2. The lowest BCUT2D eigenvalue weighted by molar-refractivity contribution is -0.124. The number of carbonyl (C=O) groups is 1. The van der Waals surface area contributed by atoms with Crippen molar-refractivity contribution in [3.05, 3.63) is 65.3 Å². The molecule has 0 aliphatic carbocycles. The van der Waals surface area contributed by atoms with E-state index in [1.807, 2.05) is 17.6 Å². The summed E-state index contributed by atoms with van der Waals surface area (Å²) in [6.07, 6.45) is 3.24. The molecule has 0 bridgehead atoms. The first-order chi connectivity index (χ1) is 14.1. The number of amides is 1. The maximum Gasteiger partial charge on any atom is 0.278 e. The Labute approximate surface area is 180 Å². The summed E-state index contributed by atoms with van der Waals surface area (Å²) in [4.78, 5) is 17.5. The van der Waals surface area contributed by atoms with E-state index in [0.717, 1.165) is 6.26 Å². The van der Waals surface area contributed by atoms with Crippen molar-refractivity contribution >= 4 is 50.0 Å². The van der Waals surface area contributed by atoms with Crippen molar-refractivity contribution in [2.24, 2.45) is 10.7 Å². The van der Waals surface area contributed by atoms with Gasteiger partial charge in [-0.25, -0.2) is 8.42 Å². The molecule has 1 heterocycles. The van der Waals surface area contributed by atoms with Crippen molar-refractivity contribution in [3.63, 3.8) is 0 Å². The van der Waals surface area contributed by atoms with Crippen LogP contribution < -0.4 is 10.5 Å². The van der Waals surface area contributed by atoms with Crippen LogP contribution in [0, 0.1) is 0 Å². The zero-order chi connectivity index (χ0) is 22.1. The van der Waals surface area contributed by atoms with Crippen LogP contribution >= 0.6 is 11.6 Å². The molecule has 1 amide bonds. The molecule has 1 unspecified atom stereocenters. The van der Waals surface area contributed by atoms with Crippen molar-refractivity contribution < 1.29 is 13.2 Å². The number of nitrogens with zero attached hydrogens (tertiary/aromatic N) is 2. The second-order valence-electron chi connectivity index (χ2n) is 7.08. The predicted octanol–water partition coefficient (Wildman–Crippen LogP) is 3.72. The third-order valence-corrected chi connectivity index (χ3v) is 5.75. The Morgan fingerprint density at radius 1 is 1.20 bits per heavy atom. The molecular weight excluding hydrogens is 424 g/mol. The van der Waals surface area contributed by atoms with Gasteiger partial charge in [0.15, 0.2) is 5.54 Å². The number of nitrogens with one attached hydrogen (secondary N) is 1. The Bertz CT molecular complexity index is 1230. The van der Waals surface area contributed by atoms with E-state index in [4.69, 9.17) is 17.3 Å². The number of fused-ring (bicyclic) bond motifs is 1. The molecule has 158 valence electrons. The second kappa shape index (κ2) is 8.12. The Balaban J connectivity index is 2.33. The van der Waals surface area contributed by atoms with Gasteiger partial charge in [-0.2, -0.15) is 4.99 Å². The number of sulfonamides is 1. The largest absolute Gasteiger partial charge is 0.387 e. The minimum absolute atomic E-state index is 0.155. The van der Waals surface area contributed by atoms with E-state index >= 15 is 0 Å². The fourth-order valence-corrected chi connectivity index (χ4v) is 4.36. The zero-order valence-electron chi connectivity index (χ0n) is 16.9. The number of halogens is 1. The normalized spacial score (nSPS) is 14.5. The Hall–Kier alpha value is -2.84. The number of anilines is 1. The zero-order valence-corrected chi connectivity index (χ0v) is 18.5.